The highest BCUT2D eigenvalue weighted by Gasteiger charge is 2.21. The minimum atomic E-state index is -0.0194. The number of hydrogen-bond acceptors (Lipinski definition) is 3. The smallest absolute Gasteiger partial charge is 0.317 e. The molecule has 0 aromatic heterocycles. The molecule has 25 heavy (non-hydrogen) atoms. The first-order chi connectivity index (χ1) is 12.2. The van der Waals surface area contributed by atoms with Crippen molar-refractivity contribution < 1.29 is 9.53 Å². The van der Waals surface area contributed by atoms with Gasteiger partial charge in [-0.25, -0.2) is 4.79 Å². The van der Waals surface area contributed by atoms with Crippen molar-refractivity contribution in [2.45, 2.75) is 45.6 Å². The first-order valence-electron chi connectivity index (χ1n) is 9.59. The van der Waals surface area contributed by atoms with Crippen molar-refractivity contribution in [1.82, 2.24) is 15.1 Å². The number of carbonyl (C=O) groups excluding carboxylic acids is 1. The van der Waals surface area contributed by atoms with E-state index in [0.29, 0.717) is 19.2 Å². The molecule has 1 aliphatic heterocycles. The van der Waals surface area contributed by atoms with Crippen molar-refractivity contribution in [1.29, 1.82) is 0 Å². The van der Waals surface area contributed by atoms with Gasteiger partial charge in [0.25, 0.3) is 0 Å². The topological polar surface area (TPSA) is 44.8 Å². The van der Waals surface area contributed by atoms with E-state index in [1.807, 2.05) is 25.2 Å². The van der Waals surface area contributed by atoms with Crippen molar-refractivity contribution in [3.8, 4) is 5.75 Å². The molecule has 2 rings (SSSR count). The van der Waals surface area contributed by atoms with Crippen molar-refractivity contribution in [2.75, 3.05) is 39.8 Å². The van der Waals surface area contributed by atoms with Crippen LogP contribution in [0.25, 0.3) is 0 Å². The maximum Gasteiger partial charge on any atom is 0.317 e. The summed E-state index contributed by atoms with van der Waals surface area (Å²) in [6.07, 6.45) is 4.66. The fourth-order valence-corrected chi connectivity index (χ4v) is 3.38. The summed E-state index contributed by atoms with van der Waals surface area (Å²) in [5.41, 5.74) is 1.20. The maximum atomic E-state index is 12.3. The van der Waals surface area contributed by atoms with Crippen LogP contribution in [0.4, 0.5) is 4.79 Å². The summed E-state index contributed by atoms with van der Waals surface area (Å²) < 4.78 is 5.85. The summed E-state index contributed by atoms with van der Waals surface area (Å²) in [4.78, 5) is 16.5. The van der Waals surface area contributed by atoms with Gasteiger partial charge < -0.3 is 15.0 Å². The second-order valence-electron chi connectivity index (χ2n) is 6.70. The molecule has 1 aromatic carbocycles. The molecule has 1 saturated heterocycles. The number of benzene rings is 1. The summed E-state index contributed by atoms with van der Waals surface area (Å²) in [6, 6.07) is 8.53. The maximum absolute atomic E-state index is 12.3. The van der Waals surface area contributed by atoms with Gasteiger partial charge in [-0.15, -0.1) is 0 Å². The number of urea groups is 1. The third kappa shape index (κ3) is 5.92. The number of amides is 2. The van der Waals surface area contributed by atoms with E-state index >= 15 is 0 Å². The van der Waals surface area contributed by atoms with Gasteiger partial charge >= 0.3 is 6.03 Å². The third-order valence-corrected chi connectivity index (χ3v) is 5.03. The van der Waals surface area contributed by atoms with Gasteiger partial charge in [-0.3, -0.25) is 4.90 Å². The van der Waals surface area contributed by atoms with Crippen molar-refractivity contribution in [3.63, 3.8) is 0 Å². The van der Waals surface area contributed by atoms with E-state index in [0.717, 1.165) is 31.8 Å². The first kappa shape index (κ1) is 19.6. The number of rotatable bonds is 8. The molecular formula is C20H33N3O2. The van der Waals surface area contributed by atoms with Crippen LogP contribution in [0.5, 0.6) is 5.75 Å². The number of carbonyl (C=O) groups is 1. The van der Waals surface area contributed by atoms with Crippen LogP contribution >= 0.6 is 0 Å². The van der Waals surface area contributed by atoms with Crippen LogP contribution in [0, 0.1) is 0 Å². The number of nitrogens with zero attached hydrogens (tertiary/aromatic N) is 2. The molecule has 2 amide bonds. The number of piperidine rings is 1. The summed E-state index contributed by atoms with van der Waals surface area (Å²) in [5.74, 6) is 0.916. The molecule has 1 aromatic rings. The molecule has 1 aliphatic rings. The Morgan fingerprint density at radius 1 is 1.32 bits per heavy atom. The van der Waals surface area contributed by atoms with E-state index in [9.17, 15) is 4.79 Å². The number of likely N-dealkylation sites (N-methyl/N-ethyl adjacent to an activating group) is 2. The van der Waals surface area contributed by atoms with Crippen LogP contribution in [0.3, 0.4) is 0 Å². The van der Waals surface area contributed by atoms with Crippen LogP contribution in [0.15, 0.2) is 24.3 Å². The molecule has 1 heterocycles. The minimum absolute atomic E-state index is 0.0194. The second kappa shape index (κ2) is 10.3. The average molecular weight is 348 g/mol. The van der Waals surface area contributed by atoms with E-state index in [1.165, 1.54) is 24.8 Å². The Morgan fingerprint density at radius 2 is 2.12 bits per heavy atom. The second-order valence-corrected chi connectivity index (χ2v) is 6.70. The molecule has 1 fully saturated rings. The lowest BCUT2D eigenvalue weighted by Gasteiger charge is -2.35. The molecule has 0 radical (unpaired) electrons. The van der Waals surface area contributed by atoms with E-state index in [1.54, 1.807) is 4.90 Å². The van der Waals surface area contributed by atoms with E-state index in [4.69, 9.17) is 4.74 Å². The van der Waals surface area contributed by atoms with E-state index in [-0.39, 0.29) is 6.03 Å². The Bertz CT molecular complexity index is 535. The van der Waals surface area contributed by atoms with Gasteiger partial charge in [-0.2, -0.15) is 0 Å². The Morgan fingerprint density at radius 3 is 2.88 bits per heavy atom. The quantitative estimate of drug-likeness (QED) is 0.786. The highest BCUT2D eigenvalue weighted by Crippen LogP contribution is 2.18. The molecule has 1 unspecified atom stereocenters. The monoisotopic (exact) mass is 347 g/mol. The summed E-state index contributed by atoms with van der Waals surface area (Å²) in [6.45, 7) is 8.33. The van der Waals surface area contributed by atoms with Gasteiger partial charge in [0.1, 0.15) is 12.4 Å². The predicted molar refractivity (Wildman–Crippen MR) is 102 cm³/mol. The summed E-state index contributed by atoms with van der Waals surface area (Å²) in [7, 11) is 1.82. The largest absolute Gasteiger partial charge is 0.491 e. The van der Waals surface area contributed by atoms with Crippen LogP contribution in [0.2, 0.25) is 0 Å². The van der Waals surface area contributed by atoms with E-state index < -0.39 is 0 Å². The molecule has 1 atom stereocenters. The lowest BCUT2D eigenvalue weighted by Crippen LogP contribution is -2.49. The third-order valence-electron chi connectivity index (χ3n) is 5.03. The van der Waals surface area contributed by atoms with Gasteiger partial charge in [0, 0.05) is 19.6 Å². The van der Waals surface area contributed by atoms with E-state index in [2.05, 4.69) is 30.1 Å². The lowest BCUT2D eigenvalue weighted by atomic mass is 10.0. The van der Waals surface area contributed by atoms with Gasteiger partial charge in [-0.05, 0) is 44.0 Å². The molecule has 5 nitrogen and oxygen atoms in total. The summed E-state index contributed by atoms with van der Waals surface area (Å²) >= 11 is 0. The lowest BCUT2D eigenvalue weighted by molar-refractivity contribution is 0.148. The number of aryl methyl sites for hydroxylation is 1. The SMILES string of the molecule is CCc1ccccc1OCCN(C)C(=O)NCC1CCCCN1CC. The summed E-state index contributed by atoms with van der Waals surface area (Å²) in [5, 5.41) is 3.08. The predicted octanol–water partition coefficient (Wildman–Crippen LogP) is 3.14. The van der Waals surface area contributed by atoms with Crippen molar-refractivity contribution >= 4 is 6.03 Å². The molecule has 5 heteroatoms. The fourth-order valence-electron chi connectivity index (χ4n) is 3.38. The average Bonchev–Trinajstić information content (AvgIpc) is 2.66. The molecule has 0 aliphatic carbocycles. The highest BCUT2D eigenvalue weighted by molar-refractivity contribution is 5.73. The fraction of sp³-hybridized carbons (Fsp3) is 0.650. The Hall–Kier alpha value is -1.75. The first-order valence-corrected chi connectivity index (χ1v) is 9.59. The number of likely N-dealkylation sites (tertiary alicyclic amines) is 1. The number of nitrogens with one attached hydrogen (secondary N) is 1. The zero-order chi connectivity index (χ0) is 18.1. The highest BCUT2D eigenvalue weighted by atomic mass is 16.5. The Kier molecular flexibility index (Phi) is 8.06. The molecule has 0 spiro atoms. The zero-order valence-corrected chi connectivity index (χ0v) is 16.0. The number of ether oxygens (including phenoxy) is 1. The molecular weight excluding hydrogens is 314 g/mol. The molecule has 1 N–H and O–H groups in total. The van der Waals surface area contributed by atoms with Gasteiger partial charge in [-0.1, -0.05) is 38.5 Å². The van der Waals surface area contributed by atoms with Crippen molar-refractivity contribution in [2.24, 2.45) is 0 Å². The van der Waals surface area contributed by atoms with Crippen LogP contribution < -0.4 is 10.1 Å². The Labute approximate surface area is 152 Å². The van der Waals surface area contributed by atoms with Gasteiger partial charge in [0.15, 0.2) is 0 Å². The molecule has 0 bridgehead atoms. The molecule has 0 saturated carbocycles. The van der Waals surface area contributed by atoms with Crippen LogP contribution in [-0.4, -0.2) is 61.7 Å². The standard InChI is InChI=1S/C20H33N3O2/c1-4-17-10-6-7-12-19(17)25-15-14-22(3)20(24)21-16-18-11-8-9-13-23(18)5-2/h6-7,10,12,18H,4-5,8-9,11,13-16H2,1-3H3,(H,21,24). The van der Waals surface area contributed by atoms with Crippen LogP contribution in [-0.2, 0) is 6.42 Å². The van der Waals surface area contributed by atoms with Crippen molar-refractivity contribution in [3.05, 3.63) is 29.8 Å². The minimum Gasteiger partial charge on any atom is -0.491 e. The van der Waals surface area contributed by atoms with Gasteiger partial charge in [0.05, 0.1) is 6.54 Å². The molecule has 140 valence electrons. The number of hydrogen-bond donors (Lipinski definition) is 1. The Balaban J connectivity index is 1.71. The van der Waals surface area contributed by atoms with Crippen LogP contribution in [0.1, 0.15) is 38.7 Å². The van der Waals surface area contributed by atoms with Gasteiger partial charge in [0.2, 0.25) is 0 Å². The number of para-hydroxylation sites is 1. The zero-order valence-electron chi connectivity index (χ0n) is 16.0. The normalized spacial score (nSPS) is 18.0.